The topological polar surface area (TPSA) is 9.23 Å². The van der Waals surface area contributed by atoms with Gasteiger partial charge in [-0.05, 0) is 42.9 Å². The maximum absolute atomic E-state index is 6.43. The summed E-state index contributed by atoms with van der Waals surface area (Å²) in [6.07, 6.45) is 12.4. The van der Waals surface area contributed by atoms with Gasteiger partial charge in [-0.2, -0.15) is 0 Å². The summed E-state index contributed by atoms with van der Waals surface area (Å²) in [6, 6.07) is 0. The highest BCUT2D eigenvalue weighted by atomic mass is 16.4. The average molecular weight is 264 g/mol. The predicted octanol–water partition coefficient (Wildman–Crippen LogP) is 6.08. The summed E-state index contributed by atoms with van der Waals surface area (Å²) in [7, 11) is 0. The Morgan fingerprint density at radius 1 is 1.26 bits per heavy atom. The van der Waals surface area contributed by atoms with E-state index in [0.29, 0.717) is 12.8 Å². The van der Waals surface area contributed by atoms with Crippen molar-refractivity contribution in [3.8, 4) is 0 Å². The normalized spacial score (nSPS) is 16.4. The minimum Gasteiger partial charge on any atom is -0.563 e. The van der Waals surface area contributed by atoms with Crippen molar-refractivity contribution < 1.29 is 4.65 Å². The Morgan fingerprint density at radius 3 is 2.53 bits per heavy atom. The van der Waals surface area contributed by atoms with Gasteiger partial charge in [0.05, 0.1) is 5.76 Å². The molecular weight excluding hydrogens is 231 g/mol. The van der Waals surface area contributed by atoms with Crippen LogP contribution in [0.2, 0.25) is 11.6 Å². The molecule has 0 radical (unpaired) electrons. The fraction of sp³-hybridized carbons (Fsp3) is 0.882. The van der Waals surface area contributed by atoms with Crippen LogP contribution in [0, 0.1) is 5.92 Å². The van der Waals surface area contributed by atoms with Crippen molar-refractivity contribution in [2.45, 2.75) is 91.2 Å². The van der Waals surface area contributed by atoms with Gasteiger partial charge in [0.15, 0.2) is 0 Å². The highest BCUT2D eigenvalue weighted by Gasteiger charge is 2.39. The van der Waals surface area contributed by atoms with E-state index in [2.05, 4.69) is 40.7 Å². The van der Waals surface area contributed by atoms with E-state index in [0.717, 1.165) is 6.42 Å². The minimum atomic E-state index is 0.256. The van der Waals surface area contributed by atoms with E-state index in [1.807, 2.05) is 0 Å². The first kappa shape index (κ1) is 16.7. The van der Waals surface area contributed by atoms with E-state index in [1.165, 1.54) is 50.6 Å². The van der Waals surface area contributed by atoms with E-state index in [1.54, 1.807) is 0 Å². The van der Waals surface area contributed by atoms with Crippen LogP contribution in [-0.2, 0) is 4.65 Å². The van der Waals surface area contributed by atoms with Crippen LogP contribution in [0.15, 0.2) is 11.8 Å². The molecule has 0 aliphatic heterocycles. The SMILES string of the molecule is CCCCCB(OC1=CCCCC1)C(C)(C)C(C)C. The second-order valence-electron chi connectivity index (χ2n) is 6.99. The molecule has 0 saturated heterocycles. The van der Waals surface area contributed by atoms with Crippen LogP contribution in [0.1, 0.15) is 79.6 Å². The van der Waals surface area contributed by atoms with E-state index < -0.39 is 0 Å². The van der Waals surface area contributed by atoms with Crippen LogP contribution >= 0.6 is 0 Å². The summed E-state index contributed by atoms with van der Waals surface area (Å²) in [5, 5.41) is 0.256. The third-order valence-electron chi connectivity index (χ3n) is 4.93. The van der Waals surface area contributed by atoms with Crippen LogP contribution in [0.3, 0.4) is 0 Å². The average Bonchev–Trinajstić information content (AvgIpc) is 2.38. The zero-order chi connectivity index (χ0) is 14.3. The molecular formula is C17H33BO. The monoisotopic (exact) mass is 264 g/mol. The molecule has 0 spiro atoms. The highest BCUT2D eigenvalue weighted by Crippen LogP contribution is 2.41. The summed E-state index contributed by atoms with van der Waals surface area (Å²) in [5.41, 5.74) is 0. The van der Waals surface area contributed by atoms with Gasteiger partial charge in [0.1, 0.15) is 0 Å². The van der Waals surface area contributed by atoms with Gasteiger partial charge < -0.3 is 4.65 Å². The minimum absolute atomic E-state index is 0.256. The van der Waals surface area contributed by atoms with Gasteiger partial charge >= 0.3 is 6.92 Å². The van der Waals surface area contributed by atoms with Crippen LogP contribution < -0.4 is 0 Å². The van der Waals surface area contributed by atoms with E-state index in [-0.39, 0.29) is 5.31 Å². The first-order chi connectivity index (χ1) is 8.98. The van der Waals surface area contributed by atoms with Crippen molar-refractivity contribution >= 4 is 6.92 Å². The highest BCUT2D eigenvalue weighted by molar-refractivity contribution is 6.55. The Bertz CT molecular complexity index is 281. The Kier molecular flexibility index (Phi) is 7.03. The fourth-order valence-electron chi connectivity index (χ4n) is 2.63. The summed E-state index contributed by atoms with van der Waals surface area (Å²) < 4.78 is 6.43. The Labute approximate surface area is 121 Å². The molecule has 1 rings (SSSR count). The third kappa shape index (κ3) is 5.24. The summed E-state index contributed by atoms with van der Waals surface area (Å²) in [4.78, 5) is 0. The lowest BCUT2D eigenvalue weighted by molar-refractivity contribution is 0.331. The van der Waals surface area contributed by atoms with Crippen LogP contribution in [0.5, 0.6) is 0 Å². The molecule has 0 aromatic carbocycles. The van der Waals surface area contributed by atoms with Crippen molar-refractivity contribution in [2.24, 2.45) is 5.92 Å². The quantitative estimate of drug-likeness (QED) is 0.381. The van der Waals surface area contributed by atoms with Gasteiger partial charge in [-0.15, -0.1) is 0 Å². The molecule has 19 heavy (non-hydrogen) atoms. The first-order valence-corrected chi connectivity index (χ1v) is 8.34. The number of hydrogen-bond acceptors (Lipinski definition) is 1. The number of allylic oxidation sites excluding steroid dienone is 2. The maximum atomic E-state index is 6.43. The molecule has 1 nitrogen and oxygen atoms in total. The molecule has 2 heteroatoms. The predicted molar refractivity (Wildman–Crippen MR) is 86.6 cm³/mol. The van der Waals surface area contributed by atoms with Crippen LogP contribution in [-0.4, -0.2) is 6.92 Å². The Hall–Kier alpha value is -0.395. The van der Waals surface area contributed by atoms with Crippen molar-refractivity contribution in [1.82, 2.24) is 0 Å². The number of rotatable bonds is 8. The van der Waals surface area contributed by atoms with Gasteiger partial charge in [-0.3, -0.25) is 0 Å². The summed E-state index contributed by atoms with van der Waals surface area (Å²) in [6.45, 7) is 12.0. The molecule has 110 valence electrons. The van der Waals surface area contributed by atoms with Crippen molar-refractivity contribution in [2.75, 3.05) is 0 Å². The molecule has 0 aromatic heterocycles. The molecule has 1 aliphatic rings. The van der Waals surface area contributed by atoms with Gasteiger partial charge in [0.2, 0.25) is 0 Å². The molecule has 0 unspecified atom stereocenters. The largest absolute Gasteiger partial charge is 0.563 e. The van der Waals surface area contributed by atoms with E-state index >= 15 is 0 Å². The standard InChI is InChI=1S/C17H33BO/c1-6-7-11-14-18(17(4,5)15(2)3)19-16-12-9-8-10-13-16/h12,15H,6-11,13-14H2,1-5H3. The van der Waals surface area contributed by atoms with Gasteiger partial charge in [-0.25, -0.2) is 0 Å². The molecule has 0 heterocycles. The molecule has 0 N–H and O–H groups in total. The second-order valence-corrected chi connectivity index (χ2v) is 6.99. The zero-order valence-corrected chi connectivity index (χ0v) is 13.8. The van der Waals surface area contributed by atoms with Gasteiger partial charge in [-0.1, -0.05) is 53.9 Å². The van der Waals surface area contributed by atoms with Gasteiger partial charge in [0, 0.05) is 6.42 Å². The van der Waals surface area contributed by atoms with Crippen molar-refractivity contribution in [3.05, 3.63) is 11.8 Å². The molecule has 0 saturated carbocycles. The molecule has 0 fully saturated rings. The lowest BCUT2D eigenvalue weighted by Crippen LogP contribution is -2.35. The lowest BCUT2D eigenvalue weighted by Gasteiger charge is -2.36. The Balaban J connectivity index is 2.65. The van der Waals surface area contributed by atoms with Crippen LogP contribution in [0.25, 0.3) is 0 Å². The molecule has 0 amide bonds. The maximum Gasteiger partial charge on any atom is 0.363 e. The molecule has 0 aromatic rings. The molecule has 0 atom stereocenters. The fourth-order valence-corrected chi connectivity index (χ4v) is 2.63. The van der Waals surface area contributed by atoms with E-state index in [9.17, 15) is 0 Å². The van der Waals surface area contributed by atoms with E-state index in [4.69, 9.17) is 4.65 Å². The van der Waals surface area contributed by atoms with Gasteiger partial charge in [0.25, 0.3) is 0 Å². The van der Waals surface area contributed by atoms with Crippen molar-refractivity contribution in [3.63, 3.8) is 0 Å². The smallest absolute Gasteiger partial charge is 0.363 e. The summed E-state index contributed by atoms with van der Waals surface area (Å²) >= 11 is 0. The van der Waals surface area contributed by atoms with Crippen molar-refractivity contribution in [1.29, 1.82) is 0 Å². The van der Waals surface area contributed by atoms with Crippen LogP contribution in [0.4, 0.5) is 0 Å². The number of unbranched alkanes of at least 4 members (excludes halogenated alkanes) is 2. The Morgan fingerprint density at radius 2 is 2.00 bits per heavy atom. The first-order valence-electron chi connectivity index (χ1n) is 8.34. The molecule has 1 aliphatic carbocycles. The zero-order valence-electron chi connectivity index (χ0n) is 13.8. The molecule has 0 bridgehead atoms. The lowest BCUT2D eigenvalue weighted by atomic mass is 9.41. The summed E-state index contributed by atoms with van der Waals surface area (Å²) in [5.74, 6) is 1.92. The second kappa shape index (κ2) is 8.02. The third-order valence-corrected chi connectivity index (χ3v) is 4.93. The number of hydrogen-bond donors (Lipinski definition) is 0.